The molecule has 8 aromatic rings. The second-order valence-electron chi connectivity index (χ2n) is 13.3. The molecule has 0 N–H and O–H groups in total. The highest BCUT2D eigenvalue weighted by atomic mass is 15.2. The minimum atomic E-state index is 0.235. The van der Waals surface area contributed by atoms with Crippen molar-refractivity contribution in [1.29, 1.82) is 0 Å². The van der Waals surface area contributed by atoms with Crippen molar-refractivity contribution in [2.45, 2.75) is 12.3 Å². The van der Waals surface area contributed by atoms with Crippen LogP contribution in [-0.4, -0.2) is 0 Å². The summed E-state index contributed by atoms with van der Waals surface area (Å²) < 4.78 is 0. The number of fused-ring (bicyclic) bond motifs is 8. The van der Waals surface area contributed by atoms with Gasteiger partial charge in [0.2, 0.25) is 0 Å². The number of allylic oxidation sites excluding steroid dienone is 4. The maximum Gasteiger partial charge on any atom is 0.0546 e. The van der Waals surface area contributed by atoms with Crippen LogP contribution in [0.5, 0.6) is 0 Å². The summed E-state index contributed by atoms with van der Waals surface area (Å²) in [5.74, 6) is 0.235. The van der Waals surface area contributed by atoms with Crippen molar-refractivity contribution < 1.29 is 0 Å². The fraction of sp³-hybridized carbons (Fsp3) is 0.0417. The maximum absolute atomic E-state index is 2.54. The fourth-order valence-electron chi connectivity index (χ4n) is 8.31. The lowest BCUT2D eigenvalue weighted by Crippen LogP contribution is -2.14. The van der Waals surface area contributed by atoms with E-state index in [1.165, 1.54) is 77.5 Å². The molecule has 0 spiro atoms. The van der Waals surface area contributed by atoms with E-state index in [4.69, 9.17) is 0 Å². The van der Waals surface area contributed by atoms with Gasteiger partial charge in [-0.1, -0.05) is 140 Å². The van der Waals surface area contributed by atoms with Crippen LogP contribution in [0, 0.1) is 0 Å². The third-order valence-corrected chi connectivity index (χ3v) is 10.5. The van der Waals surface area contributed by atoms with Crippen LogP contribution in [-0.2, 0) is 0 Å². The minimum Gasteiger partial charge on any atom is -0.313 e. The average Bonchev–Trinajstić information content (AvgIpc) is 3.54. The van der Waals surface area contributed by atoms with Gasteiger partial charge < -0.3 is 9.80 Å². The van der Waals surface area contributed by atoms with Gasteiger partial charge in [-0.05, 0) is 93.0 Å². The van der Waals surface area contributed by atoms with E-state index in [1.54, 1.807) is 0 Å². The summed E-state index contributed by atoms with van der Waals surface area (Å²) >= 11 is 0. The van der Waals surface area contributed by atoms with Crippen molar-refractivity contribution in [2.24, 2.45) is 0 Å². The molecular weight excluding hydrogens is 605 g/mol. The summed E-state index contributed by atoms with van der Waals surface area (Å²) in [6.45, 7) is 0. The Morgan fingerprint density at radius 2 is 1.22 bits per heavy atom. The Morgan fingerprint density at radius 3 is 2.06 bits per heavy atom. The Balaban J connectivity index is 1.30. The topological polar surface area (TPSA) is 6.48 Å². The minimum absolute atomic E-state index is 0.235. The standard InChI is InChI=1S/C48H34N2/c1-3-15-33(16-4-1)35-19-13-22-38(31-35)50(46-32-36-18-8-10-24-40(36)47-39-23-9-7-17-34(39)29-30-42(46)47)45-28-14-27-44-48(45)41-25-11-12-26-43(41)49(44)37-20-5-2-6-21-37/h1-24,26-32,41H,25H2. The molecule has 0 radical (unpaired) electrons. The lowest BCUT2D eigenvalue weighted by molar-refractivity contribution is 0.819. The van der Waals surface area contributed by atoms with Gasteiger partial charge in [0.25, 0.3) is 0 Å². The van der Waals surface area contributed by atoms with Crippen LogP contribution in [0.2, 0.25) is 0 Å². The Kier molecular flexibility index (Phi) is 6.67. The zero-order valence-corrected chi connectivity index (χ0v) is 27.6. The van der Waals surface area contributed by atoms with Gasteiger partial charge in [-0.3, -0.25) is 0 Å². The smallest absolute Gasteiger partial charge is 0.0546 e. The second-order valence-corrected chi connectivity index (χ2v) is 13.3. The average molecular weight is 639 g/mol. The van der Waals surface area contributed by atoms with Gasteiger partial charge in [0.1, 0.15) is 0 Å². The van der Waals surface area contributed by atoms with Crippen LogP contribution in [0.4, 0.5) is 28.4 Å². The first kappa shape index (κ1) is 28.6. The van der Waals surface area contributed by atoms with E-state index in [2.05, 4.69) is 198 Å². The first-order valence-corrected chi connectivity index (χ1v) is 17.5. The molecule has 8 aromatic carbocycles. The van der Waals surface area contributed by atoms with Crippen LogP contribution in [0.15, 0.2) is 194 Å². The van der Waals surface area contributed by atoms with Gasteiger partial charge in [0.15, 0.2) is 0 Å². The third kappa shape index (κ3) is 4.49. The molecule has 0 saturated carbocycles. The quantitative estimate of drug-likeness (QED) is 0.173. The van der Waals surface area contributed by atoms with E-state index in [0.717, 1.165) is 12.1 Å². The fourth-order valence-corrected chi connectivity index (χ4v) is 8.31. The van der Waals surface area contributed by atoms with Crippen molar-refractivity contribution in [1.82, 2.24) is 0 Å². The molecule has 10 rings (SSSR count). The highest BCUT2D eigenvalue weighted by Crippen LogP contribution is 2.56. The molecule has 0 bridgehead atoms. The van der Waals surface area contributed by atoms with Crippen molar-refractivity contribution in [2.75, 3.05) is 9.80 Å². The molecule has 2 heteroatoms. The summed E-state index contributed by atoms with van der Waals surface area (Å²) in [4.78, 5) is 5.01. The number of hydrogen-bond acceptors (Lipinski definition) is 2. The zero-order chi connectivity index (χ0) is 33.0. The van der Waals surface area contributed by atoms with Gasteiger partial charge in [-0.15, -0.1) is 0 Å². The molecule has 1 aliphatic heterocycles. The lowest BCUT2D eigenvalue weighted by atomic mass is 9.89. The summed E-state index contributed by atoms with van der Waals surface area (Å²) in [5, 5.41) is 7.56. The van der Waals surface area contributed by atoms with Crippen LogP contribution in [0.1, 0.15) is 17.9 Å². The Hall–Kier alpha value is -6.38. The number of hydrogen-bond donors (Lipinski definition) is 0. The number of nitrogens with zero attached hydrogens (tertiary/aromatic N) is 2. The molecule has 1 heterocycles. The summed E-state index contributed by atoms with van der Waals surface area (Å²) in [5.41, 5.74) is 11.1. The molecule has 0 saturated heterocycles. The number of para-hydroxylation sites is 1. The molecule has 2 aliphatic rings. The maximum atomic E-state index is 2.54. The molecule has 1 unspecified atom stereocenters. The SMILES string of the molecule is C1=CCC2C(=C1)N(c1ccccc1)c1cccc(N(c3cccc(-c4ccccc4)c3)c3cc4ccccc4c4c3ccc3ccccc34)c12. The van der Waals surface area contributed by atoms with E-state index in [9.17, 15) is 0 Å². The largest absolute Gasteiger partial charge is 0.313 e. The molecule has 2 nitrogen and oxygen atoms in total. The van der Waals surface area contributed by atoms with E-state index < -0.39 is 0 Å². The third-order valence-electron chi connectivity index (χ3n) is 10.5. The Bertz CT molecular complexity index is 2620. The summed E-state index contributed by atoms with van der Waals surface area (Å²) in [6.07, 6.45) is 7.81. The van der Waals surface area contributed by atoms with Crippen molar-refractivity contribution in [3.8, 4) is 11.1 Å². The highest BCUT2D eigenvalue weighted by Gasteiger charge is 2.38. The molecule has 50 heavy (non-hydrogen) atoms. The van der Waals surface area contributed by atoms with Crippen LogP contribution >= 0.6 is 0 Å². The monoisotopic (exact) mass is 638 g/mol. The van der Waals surface area contributed by atoms with Crippen molar-refractivity contribution in [3.63, 3.8) is 0 Å². The molecule has 1 aliphatic carbocycles. The first-order chi connectivity index (χ1) is 24.8. The Labute approximate surface area is 292 Å². The van der Waals surface area contributed by atoms with Crippen molar-refractivity contribution in [3.05, 3.63) is 199 Å². The summed E-state index contributed by atoms with van der Waals surface area (Å²) in [7, 11) is 0. The van der Waals surface area contributed by atoms with Gasteiger partial charge in [-0.2, -0.15) is 0 Å². The van der Waals surface area contributed by atoms with Gasteiger partial charge in [0, 0.05) is 33.9 Å². The van der Waals surface area contributed by atoms with E-state index in [1.807, 2.05) is 0 Å². The van der Waals surface area contributed by atoms with Gasteiger partial charge in [-0.25, -0.2) is 0 Å². The van der Waals surface area contributed by atoms with Crippen LogP contribution in [0.3, 0.4) is 0 Å². The zero-order valence-electron chi connectivity index (χ0n) is 27.6. The first-order valence-electron chi connectivity index (χ1n) is 17.5. The molecular formula is C48H34N2. The predicted molar refractivity (Wildman–Crippen MR) is 212 cm³/mol. The normalized spacial score (nSPS) is 14.9. The molecule has 0 fully saturated rings. The van der Waals surface area contributed by atoms with E-state index in [-0.39, 0.29) is 5.92 Å². The number of benzene rings is 8. The molecule has 1 atom stereocenters. The molecule has 0 aromatic heterocycles. The lowest BCUT2D eigenvalue weighted by Gasteiger charge is -2.31. The number of anilines is 5. The number of rotatable bonds is 5. The van der Waals surface area contributed by atoms with Crippen molar-refractivity contribution >= 4 is 60.8 Å². The molecule has 0 amide bonds. The second kappa shape index (κ2) is 11.6. The summed E-state index contributed by atoms with van der Waals surface area (Å²) in [6, 6.07) is 62.2. The highest BCUT2D eigenvalue weighted by molar-refractivity contribution is 6.24. The van der Waals surface area contributed by atoms with E-state index >= 15 is 0 Å². The van der Waals surface area contributed by atoms with Gasteiger partial charge in [0.05, 0.1) is 17.1 Å². The van der Waals surface area contributed by atoms with Crippen LogP contribution in [0.25, 0.3) is 43.4 Å². The molecule has 236 valence electrons. The van der Waals surface area contributed by atoms with Crippen LogP contribution < -0.4 is 9.80 Å². The van der Waals surface area contributed by atoms with E-state index in [0.29, 0.717) is 0 Å². The van der Waals surface area contributed by atoms with Gasteiger partial charge >= 0.3 is 0 Å². The Morgan fingerprint density at radius 1 is 0.520 bits per heavy atom. The predicted octanol–water partition coefficient (Wildman–Crippen LogP) is 13.4.